The highest BCUT2D eigenvalue weighted by Crippen LogP contribution is 2.27. The van der Waals surface area contributed by atoms with Crippen LogP contribution in [0, 0.1) is 6.92 Å². The van der Waals surface area contributed by atoms with Crippen LogP contribution in [-0.4, -0.2) is 14.7 Å². The molecule has 0 amide bonds. The van der Waals surface area contributed by atoms with Crippen LogP contribution in [-0.2, 0) is 6.73 Å². The molecule has 2 aromatic rings. The average molecular weight is 264 g/mol. The van der Waals surface area contributed by atoms with Gasteiger partial charge in [0.2, 0.25) is 0 Å². The normalized spacial score (nSPS) is 10.6. The Bertz CT molecular complexity index is 661. The van der Waals surface area contributed by atoms with Crippen LogP contribution in [0.25, 0.3) is 0 Å². The summed E-state index contributed by atoms with van der Waals surface area (Å²) in [7, 11) is 0. The minimum atomic E-state index is -0.605. The summed E-state index contributed by atoms with van der Waals surface area (Å²) in [6.45, 7) is 1.15. The van der Waals surface area contributed by atoms with Crippen molar-refractivity contribution >= 4 is 11.8 Å². The number of nitrogens with zero attached hydrogens (tertiary/aromatic N) is 1. The number of benzene rings is 1. The topological polar surface area (TPSA) is 75.1 Å². The first kappa shape index (κ1) is 12.7. The lowest BCUT2D eigenvalue weighted by Crippen LogP contribution is -2.33. The lowest BCUT2D eigenvalue weighted by molar-refractivity contribution is 0.192. The van der Waals surface area contributed by atoms with Crippen LogP contribution in [0.2, 0.25) is 0 Å². The lowest BCUT2D eigenvalue weighted by atomic mass is 10.4. The van der Waals surface area contributed by atoms with E-state index in [4.69, 9.17) is 0 Å². The van der Waals surface area contributed by atoms with Gasteiger partial charge in [-0.2, -0.15) is 0 Å². The van der Waals surface area contributed by atoms with E-state index in [9.17, 15) is 14.7 Å². The van der Waals surface area contributed by atoms with E-state index in [1.807, 2.05) is 30.3 Å². The molecule has 0 atom stereocenters. The second-order valence-corrected chi connectivity index (χ2v) is 4.74. The number of hydrogen-bond acceptors (Lipinski definition) is 4. The molecule has 0 spiro atoms. The molecule has 0 aliphatic carbocycles. The van der Waals surface area contributed by atoms with E-state index in [0.717, 1.165) is 9.46 Å². The van der Waals surface area contributed by atoms with E-state index in [0.29, 0.717) is 10.6 Å². The molecule has 1 aromatic carbocycles. The molecular weight excluding hydrogens is 252 g/mol. The Kier molecular flexibility index (Phi) is 3.69. The third-order valence-electron chi connectivity index (χ3n) is 2.47. The number of aromatic nitrogens is 2. The predicted molar refractivity (Wildman–Crippen MR) is 68.8 cm³/mol. The molecule has 94 valence electrons. The zero-order valence-corrected chi connectivity index (χ0v) is 10.5. The molecule has 18 heavy (non-hydrogen) atoms. The summed E-state index contributed by atoms with van der Waals surface area (Å²) < 4.78 is 1.13. The Morgan fingerprint density at radius 3 is 2.56 bits per heavy atom. The smallest absolute Gasteiger partial charge is 0.331 e. The summed E-state index contributed by atoms with van der Waals surface area (Å²) >= 11 is 1.28. The van der Waals surface area contributed by atoms with Gasteiger partial charge in [0.05, 0.1) is 5.03 Å². The van der Waals surface area contributed by atoms with Gasteiger partial charge < -0.3 is 5.11 Å². The average Bonchev–Trinajstić information content (AvgIpc) is 2.37. The highest BCUT2D eigenvalue weighted by molar-refractivity contribution is 7.99. The molecule has 0 bridgehead atoms. The van der Waals surface area contributed by atoms with E-state index in [-0.39, 0.29) is 0 Å². The van der Waals surface area contributed by atoms with Gasteiger partial charge in [-0.1, -0.05) is 30.0 Å². The van der Waals surface area contributed by atoms with E-state index in [2.05, 4.69) is 4.98 Å². The minimum absolute atomic E-state index is 0.414. The second-order valence-electron chi connectivity index (χ2n) is 3.67. The van der Waals surface area contributed by atoms with Gasteiger partial charge in [0.25, 0.3) is 5.56 Å². The third-order valence-corrected chi connectivity index (χ3v) is 3.70. The first-order valence-corrected chi connectivity index (χ1v) is 6.12. The van der Waals surface area contributed by atoms with E-state index in [1.54, 1.807) is 6.92 Å². The van der Waals surface area contributed by atoms with Crippen LogP contribution < -0.4 is 11.2 Å². The van der Waals surface area contributed by atoms with E-state index in [1.165, 1.54) is 11.8 Å². The van der Waals surface area contributed by atoms with Gasteiger partial charge in [-0.05, 0) is 19.1 Å². The number of aliphatic hydroxyl groups excluding tert-OH is 1. The highest BCUT2D eigenvalue weighted by atomic mass is 32.2. The molecule has 0 aliphatic rings. The SMILES string of the molecule is Cc1c(Sc2ccccc2)n(CO)c(=O)[nH]c1=O. The van der Waals surface area contributed by atoms with Crippen molar-refractivity contribution in [3.05, 3.63) is 56.7 Å². The maximum Gasteiger partial charge on any atom is 0.331 e. The lowest BCUT2D eigenvalue weighted by Gasteiger charge is -2.11. The molecule has 0 radical (unpaired) electrons. The van der Waals surface area contributed by atoms with Crippen LogP contribution in [0.1, 0.15) is 5.56 Å². The fourth-order valence-electron chi connectivity index (χ4n) is 1.51. The van der Waals surface area contributed by atoms with Crippen molar-refractivity contribution in [1.82, 2.24) is 9.55 Å². The van der Waals surface area contributed by atoms with Crippen LogP contribution in [0.3, 0.4) is 0 Å². The van der Waals surface area contributed by atoms with Crippen molar-refractivity contribution in [1.29, 1.82) is 0 Å². The predicted octanol–water partition coefficient (Wildman–Crippen LogP) is 0.946. The first-order chi connectivity index (χ1) is 8.63. The molecule has 2 N–H and O–H groups in total. The molecule has 2 rings (SSSR count). The molecule has 0 saturated heterocycles. The van der Waals surface area contributed by atoms with Gasteiger partial charge in [0, 0.05) is 10.5 Å². The summed E-state index contributed by atoms with van der Waals surface area (Å²) in [5, 5.41) is 9.68. The monoisotopic (exact) mass is 264 g/mol. The second kappa shape index (κ2) is 5.24. The summed E-state index contributed by atoms with van der Waals surface area (Å²) in [6, 6.07) is 9.36. The van der Waals surface area contributed by atoms with Gasteiger partial charge in [0.15, 0.2) is 0 Å². The van der Waals surface area contributed by atoms with Crippen molar-refractivity contribution < 1.29 is 5.11 Å². The van der Waals surface area contributed by atoms with Crippen molar-refractivity contribution in [3.8, 4) is 0 Å². The maximum atomic E-state index is 11.6. The van der Waals surface area contributed by atoms with Gasteiger partial charge in [-0.3, -0.25) is 14.3 Å². The summed E-state index contributed by atoms with van der Waals surface area (Å²) in [6.07, 6.45) is 0. The van der Waals surface area contributed by atoms with Gasteiger partial charge in [0.1, 0.15) is 6.73 Å². The zero-order chi connectivity index (χ0) is 13.1. The number of H-pyrrole nitrogens is 1. The summed E-state index contributed by atoms with van der Waals surface area (Å²) in [4.78, 5) is 26.2. The number of rotatable bonds is 3. The van der Waals surface area contributed by atoms with Crippen LogP contribution in [0.5, 0.6) is 0 Å². The van der Waals surface area contributed by atoms with Gasteiger partial charge in [-0.25, -0.2) is 4.79 Å². The molecule has 0 saturated carbocycles. The minimum Gasteiger partial charge on any atom is -0.376 e. The molecule has 0 aliphatic heterocycles. The van der Waals surface area contributed by atoms with Crippen LogP contribution >= 0.6 is 11.8 Å². The third kappa shape index (κ3) is 2.39. The Hall–Kier alpha value is -1.79. The van der Waals surface area contributed by atoms with E-state index >= 15 is 0 Å². The van der Waals surface area contributed by atoms with Crippen molar-refractivity contribution in [3.63, 3.8) is 0 Å². The van der Waals surface area contributed by atoms with E-state index < -0.39 is 18.0 Å². The number of aromatic amines is 1. The number of hydrogen-bond donors (Lipinski definition) is 2. The fraction of sp³-hybridized carbons (Fsp3) is 0.167. The fourth-order valence-corrected chi connectivity index (χ4v) is 2.52. The molecule has 1 aromatic heterocycles. The van der Waals surface area contributed by atoms with Gasteiger partial charge >= 0.3 is 5.69 Å². The molecule has 5 nitrogen and oxygen atoms in total. The van der Waals surface area contributed by atoms with Crippen LogP contribution in [0.15, 0.2) is 49.8 Å². The highest BCUT2D eigenvalue weighted by Gasteiger charge is 2.12. The number of nitrogens with one attached hydrogen (secondary N) is 1. The quantitative estimate of drug-likeness (QED) is 0.809. The Balaban J connectivity index is 2.56. The zero-order valence-electron chi connectivity index (χ0n) is 9.71. The largest absolute Gasteiger partial charge is 0.376 e. The first-order valence-electron chi connectivity index (χ1n) is 5.31. The van der Waals surface area contributed by atoms with Gasteiger partial charge in [-0.15, -0.1) is 0 Å². The summed E-state index contributed by atoms with van der Waals surface area (Å²) in [5.41, 5.74) is -0.618. The molecule has 6 heteroatoms. The van der Waals surface area contributed by atoms with Crippen molar-refractivity contribution in [2.45, 2.75) is 23.6 Å². The molecule has 1 heterocycles. The Labute approximate surface area is 107 Å². The molecular formula is C12H12N2O3S. The Morgan fingerprint density at radius 2 is 1.94 bits per heavy atom. The molecule has 0 fully saturated rings. The summed E-state index contributed by atoms with van der Waals surface area (Å²) in [5.74, 6) is 0. The maximum absolute atomic E-state index is 11.6. The van der Waals surface area contributed by atoms with Crippen molar-refractivity contribution in [2.75, 3.05) is 0 Å². The van der Waals surface area contributed by atoms with Crippen LogP contribution in [0.4, 0.5) is 0 Å². The number of aliphatic hydroxyl groups is 1. The Morgan fingerprint density at radius 1 is 1.28 bits per heavy atom. The standard InChI is InChI=1S/C12H12N2O3S/c1-8-10(16)13-12(17)14(7-15)11(8)18-9-5-3-2-4-6-9/h2-6,15H,7H2,1H3,(H,13,16,17). The molecule has 0 unspecified atom stereocenters. The van der Waals surface area contributed by atoms with Crippen molar-refractivity contribution in [2.24, 2.45) is 0 Å².